The van der Waals surface area contributed by atoms with Gasteiger partial charge in [0.1, 0.15) is 0 Å². The van der Waals surface area contributed by atoms with Crippen molar-refractivity contribution in [3.8, 4) is 0 Å². The standard InChI is InChI=1S/C29H33N5O7/c1-20(35)32(16-9-18-34-27(38)22-11-3-5-13-24(22)31-29(34)40)15-6-7-19-41-25(36)14-8-17-33-26(37)21-10-2-4-12-23(21)30-28(33)39/h2-5,10-13H,6-9,14-19H2,1H3,(H,30,39)(H,31,40). The summed E-state index contributed by atoms with van der Waals surface area (Å²) in [6.07, 6.45) is 1.92. The molecule has 0 radical (unpaired) electrons. The second kappa shape index (κ2) is 13.6. The van der Waals surface area contributed by atoms with Gasteiger partial charge in [0.25, 0.3) is 11.1 Å². The highest BCUT2D eigenvalue weighted by atomic mass is 16.5. The van der Waals surface area contributed by atoms with Crippen LogP contribution < -0.4 is 22.5 Å². The molecule has 4 aromatic rings. The molecule has 0 atom stereocenters. The molecule has 12 nitrogen and oxygen atoms in total. The summed E-state index contributed by atoms with van der Waals surface area (Å²) in [4.78, 5) is 81.0. The minimum atomic E-state index is -0.520. The van der Waals surface area contributed by atoms with Crippen molar-refractivity contribution in [2.45, 2.75) is 52.1 Å². The molecule has 2 heterocycles. The first-order valence-electron chi connectivity index (χ1n) is 13.6. The maximum atomic E-state index is 12.7. The molecule has 2 aromatic heterocycles. The summed E-state index contributed by atoms with van der Waals surface area (Å²) in [5.74, 6) is -0.551. The zero-order valence-electron chi connectivity index (χ0n) is 22.9. The van der Waals surface area contributed by atoms with E-state index < -0.39 is 22.9 Å². The summed E-state index contributed by atoms with van der Waals surface area (Å²) < 4.78 is 7.49. The Morgan fingerprint density at radius 1 is 0.732 bits per heavy atom. The quantitative estimate of drug-likeness (QED) is 0.185. The normalized spacial score (nSPS) is 11.1. The van der Waals surface area contributed by atoms with E-state index in [2.05, 4.69) is 9.97 Å². The molecular formula is C29H33N5O7. The zero-order chi connectivity index (χ0) is 29.4. The Bertz CT molecular complexity index is 1780. The van der Waals surface area contributed by atoms with Gasteiger partial charge in [0, 0.05) is 39.5 Å². The number of benzene rings is 2. The Morgan fingerprint density at radius 3 is 1.80 bits per heavy atom. The molecule has 0 aliphatic rings. The lowest BCUT2D eigenvalue weighted by atomic mass is 10.2. The number of hydrogen-bond donors (Lipinski definition) is 2. The van der Waals surface area contributed by atoms with Crippen molar-refractivity contribution in [1.82, 2.24) is 24.0 Å². The number of ether oxygens (including phenoxy) is 1. The Labute approximate surface area is 234 Å². The second-order valence-electron chi connectivity index (χ2n) is 9.76. The monoisotopic (exact) mass is 563 g/mol. The summed E-state index contributed by atoms with van der Waals surface area (Å²) in [6.45, 7) is 2.74. The molecule has 2 N–H and O–H groups in total. The predicted octanol–water partition coefficient (Wildman–Crippen LogP) is 1.74. The van der Waals surface area contributed by atoms with E-state index in [0.29, 0.717) is 54.2 Å². The highest BCUT2D eigenvalue weighted by Gasteiger charge is 2.12. The van der Waals surface area contributed by atoms with Gasteiger partial charge in [-0.05, 0) is 49.9 Å². The van der Waals surface area contributed by atoms with Crippen LogP contribution in [-0.2, 0) is 27.4 Å². The number of nitrogens with one attached hydrogen (secondary N) is 2. The molecule has 0 unspecified atom stereocenters. The maximum Gasteiger partial charge on any atom is 0.328 e. The van der Waals surface area contributed by atoms with E-state index in [-0.39, 0.29) is 44.0 Å². The van der Waals surface area contributed by atoms with Crippen molar-refractivity contribution >= 4 is 33.7 Å². The van der Waals surface area contributed by atoms with E-state index in [1.54, 1.807) is 53.4 Å². The summed E-state index contributed by atoms with van der Waals surface area (Å²) in [5, 5.41) is 0.840. The number of fused-ring (bicyclic) bond motifs is 2. The smallest absolute Gasteiger partial charge is 0.328 e. The van der Waals surface area contributed by atoms with E-state index >= 15 is 0 Å². The minimum Gasteiger partial charge on any atom is -0.466 e. The molecule has 0 aliphatic carbocycles. The van der Waals surface area contributed by atoms with Crippen LogP contribution in [0.15, 0.2) is 67.7 Å². The van der Waals surface area contributed by atoms with E-state index in [9.17, 15) is 28.8 Å². The highest BCUT2D eigenvalue weighted by Crippen LogP contribution is 2.06. The van der Waals surface area contributed by atoms with Gasteiger partial charge in [0.05, 0.1) is 28.4 Å². The number of nitrogens with zero attached hydrogens (tertiary/aromatic N) is 3. The largest absolute Gasteiger partial charge is 0.466 e. The average molecular weight is 564 g/mol. The molecule has 0 aliphatic heterocycles. The van der Waals surface area contributed by atoms with Crippen molar-refractivity contribution in [2.75, 3.05) is 19.7 Å². The minimum absolute atomic E-state index is 0.0611. The van der Waals surface area contributed by atoms with Crippen molar-refractivity contribution in [3.05, 3.63) is 90.2 Å². The predicted molar refractivity (Wildman–Crippen MR) is 154 cm³/mol. The Morgan fingerprint density at radius 2 is 1.24 bits per heavy atom. The fraction of sp³-hybridized carbons (Fsp3) is 0.379. The van der Waals surface area contributed by atoms with Crippen LogP contribution in [0.4, 0.5) is 0 Å². The molecule has 4 rings (SSSR count). The molecule has 0 saturated carbocycles. The van der Waals surface area contributed by atoms with Gasteiger partial charge < -0.3 is 19.6 Å². The van der Waals surface area contributed by atoms with Crippen LogP contribution in [0.2, 0.25) is 0 Å². The first kappa shape index (κ1) is 29.2. The number of para-hydroxylation sites is 2. The van der Waals surface area contributed by atoms with Gasteiger partial charge in [0.15, 0.2) is 0 Å². The fourth-order valence-corrected chi connectivity index (χ4v) is 4.69. The van der Waals surface area contributed by atoms with Gasteiger partial charge in [-0.1, -0.05) is 24.3 Å². The number of rotatable bonds is 13. The summed E-state index contributed by atoms with van der Waals surface area (Å²) in [5.41, 5.74) is -0.813. The summed E-state index contributed by atoms with van der Waals surface area (Å²) >= 11 is 0. The van der Waals surface area contributed by atoms with Gasteiger partial charge in [-0.3, -0.25) is 28.3 Å². The highest BCUT2D eigenvalue weighted by molar-refractivity contribution is 5.77. The van der Waals surface area contributed by atoms with E-state index in [4.69, 9.17) is 4.74 Å². The SMILES string of the molecule is CC(=O)N(CCCCOC(=O)CCCn1c(=O)[nH]c2ccccc2c1=O)CCCn1c(=O)[nH]c2ccccc2c1=O. The third-order valence-electron chi connectivity index (χ3n) is 6.88. The number of aromatic amines is 2. The lowest BCUT2D eigenvalue weighted by Crippen LogP contribution is -2.37. The number of unbranched alkanes of at least 4 members (excludes halogenated alkanes) is 1. The molecular weight excluding hydrogens is 530 g/mol. The van der Waals surface area contributed by atoms with Crippen LogP contribution in [-0.4, -0.2) is 55.6 Å². The number of aromatic nitrogens is 4. The van der Waals surface area contributed by atoms with Crippen LogP contribution in [0.5, 0.6) is 0 Å². The van der Waals surface area contributed by atoms with E-state index in [0.717, 1.165) is 9.13 Å². The van der Waals surface area contributed by atoms with Crippen molar-refractivity contribution in [3.63, 3.8) is 0 Å². The van der Waals surface area contributed by atoms with Crippen LogP contribution in [0.3, 0.4) is 0 Å². The summed E-state index contributed by atoms with van der Waals surface area (Å²) in [6, 6.07) is 13.6. The molecule has 0 saturated heterocycles. The maximum absolute atomic E-state index is 12.7. The van der Waals surface area contributed by atoms with Crippen molar-refractivity contribution in [1.29, 1.82) is 0 Å². The fourth-order valence-electron chi connectivity index (χ4n) is 4.69. The van der Waals surface area contributed by atoms with Crippen molar-refractivity contribution < 1.29 is 14.3 Å². The lowest BCUT2D eigenvalue weighted by Gasteiger charge is -2.21. The molecule has 0 bridgehead atoms. The second-order valence-corrected chi connectivity index (χ2v) is 9.76. The Hall–Kier alpha value is -4.74. The van der Waals surface area contributed by atoms with E-state index in [1.165, 1.54) is 6.92 Å². The number of amides is 1. The summed E-state index contributed by atoms with van der Waals surface area (Å²) in [7, 11) is 0. The molecule has 0 fully saturated rings. The zero-order valence-corrected chi connectivity index (χ0v) is 22.9. The van der Waals surface area contributed by atoms with Crippen LogP contribution in [0.1, 0.15) is 39.0 Å². The molecule has 1 amide bonds. The molecule has 2 aromatic carbocycles. The molecule has 0 spiro atoms. The van der Waals surface area contributed by atoms with Gasteiger partial charge in [0.2, 0.25) is 5.91 Å². The number of carbonyl (C=O) groups is 2. The van der Waals surface area contributed by atoms with Crippen LogP contribution >= 0.6 is 0 Å². The first-order valence-corrected chi connectivity index (χ1v) is 13.6. The Balaban J connectivity index is 1.16. The third kappa shape index (κ3) is 7.27. The number of esters is 1. The molecule has 216 valence electrons. The van der Waals surface area contributed by atoms with Crippen molar-refractivity contribution in [2.24, 2.45) is 0 Å². The van der Waals surface area contributed by atoms with E-state index in [1.807, 2.05) is 0 Å². The van der Waals surface area contributed by atoms with Gasteiger partial charge >= 0.3 is 17.3 Å². The van der Waals surface area contributed by atoms with Gasteiger partial charge in [-0.2, -0.15) is 0 Å². The first-order chi connectivity index (χ1) is 19.8. The number of H-pyrrole nitrogens is 2. The van der Waals surface area contributed by atoms with Gasteiger partial charge in [-0.25, -0.2) is 9.59 Å². The molecule has 41 heavy (non-hydrogen) atoms. The van der Waals surface area contributed by atoms with Gasteiger partial charge in [-0.15, -0.1) is 0 Å². The van der Waals surface area contributed by atoms with Crippen LogP contribution in [0, 0.1) is 0 Å². The van der Waals surface area contributed by atoms with Crippen LogP contribution in [0.25, 0.3) is 21.8 Å². The topological polar surface area (TPSA) is 156 Å². The third-order valence-corrected chi connectivity index (χ3v) is 6.88. The average Bonchev–Trinajstić information content (AvgIpc) is 2.95. The molecule has 12 heteroatoms. The number of carbonyl (C=O) groups excluding carboxylic acids is 2. The lowest BCUT2D eigenvalue weighted by molar-refractivity contribution is -0.144. The Kier molecular flexibility index (Phi) is 9.67. The number of hydrogen-bond acceptors (Lipinski definition) is 7.